The molecule has 1 unspecified atom stereocenters. The quantitative estimate of drug-likeness (QED) is 0.238. The molecule has 0 saturated heterocycles. The summed E-state index contributed by atoms with van der Waals surface area (Å²) in [6.45, 7) is 13.0. The maximum absolute atomic E-state index is 13.2. The number of H-pyrrole nitrogens is 1. The average molecular weight is 497 g/mol. The van der Waals surface area contributed by atoms with Gasteiger partial charge in [0.2, 0.25) is 11.8 Å². The lowest BCUT2D eigenvalue weighted by Gasteiger charge is -2.29. The van der Waals surface area contributed by atoms with Gasteiger partial charge in [0.25, 0.3) is 0 Å². The summed E-state index contributed by atoms with van der Waals surface area (Å²) in [5.74, 6) is -0.434. The number of carbonyl (C=O) groups excluding carboxylic acids is 3. The lowest BCUT2D eigenvalue weighted by molar-refractivity contribution is -0.125. The molecule has 0 spiro atoms. The van der Waals surface area contributed by atoms with E-state index in [1.165, 1.54) is 6.33 Å². The Morgan fingerprint density at radius 3 is 2.23 bits per heavy atom. The number of hydrogen-bond acceptors (Lipinski definition) is 7. The molecular formula is C24H44N6O5. The van der Waals surface area contributed by atoms with Crippen LogP contribution in [0.15, 0.2) is 12.5 Å². The van der Waals surface area contributed by atoms with Crippen molar-refractivity contribution in [2.24, 2.45) is 17.6 Å². The van der Waals surface area contributed by atoms with Gasteiger partial charge >= 0.3 is 6.09 Å². The third kappa shape index (κ3) is 12.6. The molecule has 0 aliphatic rings. The number of rotatable bonds is 13. The van der Waals surface area contributed by atoms with E-state index >= 15 is 0 Å². The lowest BCUT2D eigenvalue weighted by atomic mass is 9.98. The highest BCUT2D eigenvalue weighted by atomic mass is 16.6. The Kier molecular flexibility index (Phi) is 12.2. The molecule has 3 amide bonds. The van der Waals surface area contributed by atoms with Crippen LogP contribution in [0.5, 0.6) is 0 Å². The lowest BCUT2D eigenvalue weighted by Crippen LogP contribution is -2.56. The van der Waals surface area contributed by atoms with E-state index in [-0.39, 0.29) is 30.7 Å². The fourth-order valence-corrected chi connectivity index (χ4v) is 3.47. The molecule has 0 saturated carbocycles. The van der Waals surface area contributed by atoms with E-state index in [0.717, 1.165) is 0 Å². The van der Waals surface area contributed by atoms with E-state index in [1.807, 2.05) is 27.7 Å². The second-order valence-electron chi connectivity index (χ2n) is 10.8. The molecule has 11 heteroatoms. The van der Waals surface area contributed by atoms with Crippen LogP contribution in [0.2, 0.25) is 0 Å². The number of nitrogens with zero attached hydrogens (tertiary/aromatic N) is 1. The minimum Gasteiger partial charge on any atom is -0.444 e. The van der Waals surface area contributed by atoms with Gasteiger partial charge in [-0.3, -0.25) is 9.59 Å². The molecule has 1 rings (SSSR count). The number of nitrogens with one attached hydrogen (secondary N) is 4. The molecule has 0 aliphatic heterocycles. The van der Waals surface area contributed by atoms with Crippen LogP contribution in [0.3, 0.4) is 0 Å². The van der Waals surface area contributed by atoms with Crippen molar-refractivity contribution < 1.29 is 24.2 Å². The first-order valence-corrected chi connectivity index (χ1v) is 12.2. The second-order valence-corrected chi connectivity index (χ2v) is 10.8. The molecule has 0 fully saturated rings. The van der Waals surface area contributed by atoms with Crippen LogP contribution in [-0.4, -0.2) is 69.4 Å². The maximum atomic E-state index is 13.2. The highest BCUT2D eigenvalue weighted by molar-refractivity contribution is 5.86. The minimum atomic E-state index is -1.05. The Hall–Kier alpha value is -2.66. The smallest absolute Gasteiger partial charge is 0.408 e. The molecule has 1 aromatic heterocycles. The number of alkyl carbamates (subject to hydrolysis) is 1. The number of amides is 3. The van der Waals surface area contributed by atoms with Crippen LogP contribution in [0.25, 0.3) is 0 Å². The van der Waals surface area contributed by atoms with Gasteiger partial charge in [0.15, 0.2) is 0 Å². The van der Waals surface area contributed by atoms with Crippen molar-refractivity contribution in [2.75, 3.05) is 6.54 Å². The standard InChI is InChI=1S/C24H44N6O5/c1-14(2)8-17(25)21(32)27-12-20(31)18(9-15(3)4)29-22(33)19(10-16-11-26-13-28-16)30-23(34)35-24(5,6)7/h11,13-15,17-20,31H,8-10,12,25H2,1-7H3,(H,26,28)(H,27,32)(H,29,33)(H,30,34)/t17-,18-,19-,20?/m0/s1. The highest BCUT2D eigenvalue weighted by Crippen LogP contribution is 2.11. The molecular weight excluding hydrogens is 452 g/mol. The van der Waals surface area contributed by atoms with E-state index < -0.39 is 41.8 Å². The van der Waals surface area contributed by atoms with Crippen molar-refractivity contribution in [3.63, 3.8) is 0 Å². The summed E-state index contributed by atoms with van der Waals surface area (Å²) in [7, 11) is 0. The van der Waals surface area contributed by atoms with Gasteiger partial charge in [-0.05, 0) is 45.4 Å². The van der Waals surface area contributed by atoms with Gasteiger partial charge in [-0.25, -0.2) is 9.78 Å². The molecule has 0 aliphatic carbocycles. The van der Waals surface area contributed by atoms with Gasteiger partial charge in [-0.1, -0.05) is 27.7 Å². The minimum absolute atomic E-state index is 0.0637. The van der Waals surface area contributed by atoms with Gasteiger partial charge in [-0.2, -0.15) is 0 Å². The SMILES string of the molecule is CC(C)C[C@H](NC(=O)[C@H](Cc1c[nH]cn1)NC(=O)OC(C)(C)C)C(O)CNC(=O)[C@@H](N)CC(C)C. The number of nitrogens with two attached hydrogens (primary N) is 1. The van der Waals surface area contributed by atoms with Crippen molar-refractivity contribution in [1.82, 2.24) is 25.9 Å². The third-order valence-corrected chi connectivity index (χ3v) is 5.04. The Balaban J connectivity index is 2.89. The number of imidazole rings is 1. The predicted molar refractivity (Wildman–Crippen MR) is 133 cm³/mol. The molecule has 1 aromatic rings. The first-order valence-electron chi connectivity index (χ1n) is 12.2. The highest BCUT2D eigenvalue weighted by Gasteiger charge is 2.30. The number of carbonyl (C=O) groups is 3. The number of hydrogen-bond donors (Lipinski definition) is 6. The number of aromatic amines is 1. The molecule has 11 nitrogen and oxygen atoms in total. The first-order chi connectivity index (χ1) is 16.2. The van der Waals surface area contributed by atoms with E-state index in [4.69, 9.17) is 10.5 Å². The van der Waals surface area contributed by atoms with Crippen LogP contribution in [0, 0.1) is 11.8 Å². The summed E-state index contributed by atoms with van der Waals surface area (Å²) >= 11 is 0. The number of aromatic nitrogens is 2. The zero-order chi connectivity index (χ0) is 26.8. The number of aliphatic hydroxyl groups is 1. The average Bonchev–Trinajstić information content (AvgIpc) is 3.21. The van der Waals surface area contributed by atoms with Crippen molar-refractivity contribution in [3.8, 4) is 0 Å². The molecule has 4 atom stereocenters. The Morgan fingerprint density at radius 1 is 1.09 bits per heavy atom. The molecule has 35 heavy (non-hydrogen) atoms. The number of aliphatic hydroxyl groups excluding tert-OH is 1. The predicted octanol–water partition coefficient (Wildman–Crippen LogP) is 1.23. The van der Waals surface area contributed by atoms with Gasteiger partial charge in [0, 0.05) is 19.2 Å². The van der Waals surface area contributed by atoms with E-state index in [2.05, 4.69) is 25.9 Å². The van der Waals surface area contributed by atoms with Crippen molar-refractivity contribution >= 4 is 17.9 Å². The summed E-state index contributed by atoms with van der Waals surface area (Å²) in [5, 5.41) is 18.9. The maximum Gasteiger partial charge on any atom is 0.408 e. The number of ether oxygens (including phenoxy) is 1. The summed E-state index contributed by atoms with van der Waals surface area (Å²) in [6.07, 6.45) is 2.44. The van der Waals surface area contributed by atoms with E-state index in [9.17, 15) is 19.5 Å². The van der Waals surface area contributed by atoms with Crippen molar-refractivity contribution in [3.05, 3.63) is 18.2 Å². The van der Waals surface area contributed by atoms with Crippen LogP contribution in [0.1, 0.15) is 67.0 Å². The Morgan fingerprint density at radius 2 is 1.71 bits per heavy atom. The Labute approximate surface area is 208 Å². The van der Waals surface area contributed by atoms with Crippen molar-refractivity contribution in [1.29, 1.82) is 0 Å². The van der Waals surface area contributed by atoms with Crippen LogP contribution < -0.4 is 21.7 Å². The molecule has 0 radical (unpaired) electrons. The summed E-state index contributed by atoms with van der Waals surface area (Å²) in [4.78, 5) is 44.8. The summed E-state index contributed by atoms with van der Waals surface area (Å²) < 4.78 is 5.30. The van der Waals surface area contributed by atoms with Gasteiger partial charge in [0.05, 0.1) is 30.2 Å². The summed E-state index contributed by atoms with van der Waals surface area (Å²) in [5.41, 5.74) is 5.76. The summed E-state index contributed by atoms with van der Waals surface area (Å²) in [6, 6.07) is -2.31. The topological polar surface area (TPSA) is 171 Å². The molecule has 7 N–H and O–H groups in total. The fourth-order valence-electron chi connectivity index (χ4n) is 3.47. The molecule has 200 valence electrons. The normalized spacial score (nSPS) is 15.3. The molecule has 0 bridgehead atoms. The molecule has 1 heterocycles. The zero-order valence-electron chi connectivity index (χ0n) is 22.1. The largest absolute Gasteiger partial charge is 0.444 e. The molecule has 0 aromatic carbocycles. The Bertz CT molecular complexity index is 791. The zero-order valence-corrected chi connectivity index (χ0v) is 22.1. The van der Waals surface area contributed by atoms with E-state index in [0.29, 0.717) is 18.5 Å². The van der Waals surface area contributed by atoms with E-state index in [1.54, 1.807) is 27.0 Å². The third-order valence-electron chi connectivity index (χ3n) is 5.04. The van der Waals surface area contributed by atoms with Crippen molar-refractivity contribution in [2.45, 2.75) is 97.6 Å². The van der Waals surface area contributed by atoms with Crippen LogP contribution >= 0.6 is 0 Å². The second kappa shape index (κ2) is 14.0. The fraction of sp³-hybridized carbons (Fsp3) is 0.750. The van der Waals surface area contributed by atoms with Gasteiger partial charge < -0.3 is 36.5 Å². The van der Waals surface area contributed by atoms with Gasteiger partial charge in [0.1, 0.15) is 11.6 Å². The van der Waals surface area contributed by atoms with Crippen LogP contribution in [-0.2, 0) is 20.7 Å². The van der Waals surface area contributed by atoms with Gasteiger partial charge in [-0.15, -0.1) is 0 Å². The first kappa shape index (κ1) is 30.4. The monoisotopic (exact) mass is 496 g/mol. The van der Waals surface area contributed by atoms with Crippen LogP contribution in [0.4, 0.5) is 4.79 Å².